The Hall–Kier alpha value is -4.53. The Labute approximate surface area is 248 Å². The molecule has 0 spiro atoms. The lowest BCUT2D eigenvalue weighted by molar-refractivity contribution is -0.145. The van der Waals surface area contributed by atoms with Gasteiger partial charge < -0.3 is 4.74 Å². The van der Waals surface area contributed by atoms with Crippen LogP contribution in [-0.2, 0) is 15.1 Å². The summed E-state index contributed by atoms with van der Waals surface area (Å²) in [5.74, 6) is -0.290. The van der Waals surface area contributed by atoms with Crippen LogP contribution in [0.1, 0.15) is 24.5 Å². The predicted molar refractivity (Wildman–Crippen MR) is 174 cm³/mol. The van der Waals surface area contributed by atoms with E-state index in [-0.39, 0.29) is 12.5 Å². The summed E-state index contributed by atoms with van der Waals surface area (Å²) < 4.78 is 5.50. The van der Waals surface area contributed by atoms with Gasteiger partial charge in [-0.3, -0.25) is 9.80 Å². The number of benzene rings is 5. The highest BCUT2D eigenvalue weighted by atomic mass is 31.2. The third-order valence-corrected chi connectivity index (χ3v) is 12.2. The van der Waals surface area contributed by atoms with Gasteiger partial charge in [-0.15, -0.1) is 5.10 Å². The highest BCUT2D eigenvalue weighted by molar-refractivity contribution is 8.08. The molecule has 208 valence electrons. The lowest BCUT2D eigenvalue weighted by Gasteiger charge is -2.38. The van der Waals surface area contributed by atoms with Crippen molar-refractivity contribution >= 4 is 34.6 Å². The number of carbonyl (C=O) groups excluding carboxylic acids is 1. The molecule has 1 aliphatic heterocycles. The molecule has 0 atom stereocenters. The van der Waals surface area contributed by atoms with E-state index in [9.17, 15) is 4.79 Å². The predicted octanol–water partition coefficient (Wildman–Crippen LogP) is 6.51. The van der Waals surface area contributed by atoms with Crippen LogP contribution in [0.4, 0.5) is 0 Å². The Morgan fingerprint density at radius 3 is 1.43 bits per heavy atom. The van der Waals surface area contributed by atoms with E-state index in [2.05, 4.69) is 140 Å². The quantitative estimate of drug-likeness (QED) is 0.150. The van der Waals surface area contributed by atoms with Crippen molar-refractivity contribution in [1.29, 1.82) is 0 Å². The van der Waals surface area contributed by atoms with E-state index in [1.54, 1.807) is 0 Å². The fourth-order valence-corrected chi connectivity index (χ4v) is 10.6. The molecule has 0 fully saturated rings. The summed E-state index contributed by atoms with van der Waals surface area (Å²) in [6, 6.07) is 53.2. The number of ether oxygens (including phenoxy) is 1. The zero-order valence-electron chi connectivity index (χ0n) is 23.7. The first-order valence-corrected chi connectivity index (χ1v) is 16.2. The van der Waals surface area contributed by atoms with Crippen molar-refractivity contribution in [2.75, 3.05) is 13.2 Å². The third kappa shape index (κ3) is 4.82. The van der Waals surface area contributed by atoms with Crippen LogP contribution in [0.25, 0.3) is 0 Å². The highest BCUT2D eigenvalue weighted by Gasteiger charge is 2.59. The average Bonchev–Trinajstić information content (AvgIpc) is 3.44. The fraction of sp³-hybridized carbons (Fsp3) is 0.135. The number of hydrogen-bond donors (Lipinski definition) is 0. The fourth-order valence-electron chi connectivity index (χ4n) is 6.21. The maximum atomic E-state index is 13.2. The number of esters is 1. The van der Waals surface area contributed by atoms with Crippen LogP contribution >= 0.6 is 7.26 Å². The molecule has 0 bridgehead atoms. The summed E-state index contributed by atoms with van der Waals surface area (Å²) >= 11 is 0. The Kier molecular flexibility index (Phi) is 7.99. The van der Waals surface area contributed by atoms with Crippen LogP contribution in [-0.4, -0.2) is 29.6 Å². The molecule has 42 heavy (non-hydrogen) atoms. The van der Waals surface area contributed by atoms with Crippen LogP contribution in [0, 0.1) is 0 Å². The SMILES string of the molecule is CCOC(=O)CN1N=C([P+](c2ccccc2)(c2ccccc2)c2ccccc2)CC1(c1ccccc1)c1ccccc1. The van der Waals surface area contributed by atoms with Gasteiger partial charge in [0.05, 0.1) is 13.0 Å². The summed E-state index contributed by atoms with van der Waals surface area (Å²) in [7, 11) is -2.46. The van der Waals surface area contributed by atoms with Crippen LogP contribution < -0.4 is 15.9 Å². The molecule has 0 N–H and O–H groups in total. The summed E-state index contributed by atoms with van der Waals surface area (Å²) in [5.41, 5.74) is 2.55. The van der Waals surface area contributed by atoms with Crippen LogP contribution in [0.2, 0.25) is 0 Å². The van der Waals surface area contributed by atoms with Crippen LogP contribution in [0.5, 0.6) is 0 Å². The molecule has 1 aliphatic rings. The Bertz CT molecular complexity index is 1510. The molecule has 0 aliphatic carbocycles. The van der Waals surface area contributed by atoms with Gasteiger partial charge in [0.25, 0.3) is 0 Å². The third-order valence-electron chi connectivity index (χ3n) is 8.00. The normalized spacial score (nSPS) is 14.3. The molecule has 0 aromatic heterocycles. The Balaban J connectivity index is 1.67. The van der Waals surface area contributed by atoms with E-state index < -0.39 is 12.8 Å². The first kappa shape index (κ1) is 27.6. The molecule has 5 aromatic carbocycles. The lowest BCUT2D eigenvalue weighted by atomic mass is 9.80. The largest absolute Gasteiger partial charge is 0.465 e. The van der Waals surface area contributed by atoms with E-state index in [4.69, 9.17) is 9.84 Å². The van der Waals surface area contributed by atoms with E-state index in [1.807, 2.05) is 24.1 Å². The van der Waals surface area contributed by atoms with Crippen molar-refractivity contribution in [3.63, 3.8) is 0 Å². The number of nitrogens with zero attached hydrogens (tertiary/aromatic N) is 2. The van der Waals surface area contributed by atoms with Crippen molar-refractivity contribution in [2.45, 2.75) is 18.9 Å². The van der Waals surface area contributed by atoms with Gasteiger partial charge in [-0.05, 0) is 54.4 Å². The molecule has 0 amide bonds. The molecule has 1 heterocycles. The summed E-state index contributed by atoms with van der Waals surface area (Å²) in [5, 5.41) is 11.2. The number of rotatable bonds is 9. The molecule has 5 heteroatoms. The maximum absolute atomic E-state index is 13.2. The maximum Gasteiger partial charge on any atom is 0.327 e. The van der Waals surface area contributed by atoms with Crippen molar-refractivity contribution in [3.05, 3.63) is 163 Å². The number of hydrazone groups is 1. The Morgan fingerprint density at radius 2 is 1.05 bits per heavy atom. The van der Waals surface area contributed by atoms with E-state index >= 15 is 0 Å². The molecule has 0 saturated carbocycles. The van der Waals surface area contributed by atoms with Gasteiger partial charge >= 0.3 is 5.97 Å². The van der Waals surface area contributed by atoms with Crippen LogP contribution in [0.3, 0.4) is 0 Å². The van der Waals surface area contributed by atoms with Crippen molar-refractivity contribution in [2.24, 2.45) is 5.10 Å². The minimum absolute atomic E-state index is 0.0412. The van der Waals surface area contributed by atoms with E-state index in [0.717, 1.165) is 16.6 Å². The zero-order valence-corrected chi connectivity index (χ0v) is 24.6. The Morgan fingerprint density at radius 1 is 0.667 bits per heavy atom. The second kappa shape index (κ2) is 12.1. The molecule has 6 rings (SSSR count). The highest BCUT2D eigenvalue weighted by Crippen LogP contribution is 2.62. The molecule has 0 saturated heterocycles. The summed E-state index contributed by atoms with van der Waals surface area (Å²) in [6.07, 6.45) is 0.618. The second-order valence-corrected chi connectivity index (χ2v) is 13.7. The van der Waals surface area contributed by atoms with Gasteiger partial charge in [0, 0.05) is 0 Å². The molecule has 4 nitrogen and oxygen atoms in total. The summed E-state index contributed by atoms with van der Waals surface area (Å²) in [6.45, 7) is 2.20. The second-order valence-electron chi connectivity index (χ2n) is 10.3. The van der Waals surface area contributed by atoms with Gasteiger partial charge in [-0.25, -0.2) is 0 Å². The van der Waals surface area contributed by atoms with Gasteiger partial charge in [-0.1, -0.05) is 115 Å². The van der Waals surface area contributed by atoms with Gasteiger partial charge in [0.2, 0.25) is 0 Å². The summed E-state index contributed by atoms with van der Waals surface area (Å²) in [4.78, 5) is 13.2. The minimum atomic E-state index is -2.46. The molecular formula is C37H34N2O2P+. The zero-order chi connectivity index (χ0) is 28.8. The van der Waals surface area contributed by atoms with Crippen molar-refractivity contribution in [3.8, 4) is 0 Å². The first-order chi connectivity index (χ1) is 20.7. The van der Waals surface area contributed by atoms with Gasteiger partial charge in [0.1, 0.15) is 28.0 Å². The average molecular weight is 570 g/mol. The van der Waals surface area contributed by atoms with Crippen molar-refractivity contribution < 1.29 is 9.53 Å². The number of hydrogen-bond acceptors (Lipinski definition) is 4. The standard InChI is InChI=1S/C37H34N2O2P/c1-2-41-36(40)29-39-37(30-18-8-3-9-19-30,31-20-10-4-11-21-31)28-35(38-39)42(32-22-12-5-13-23-32,33-24-14-6-15-25-33)34-26-16-7-17-27-34/h3-27H,2,28-29H2,1H3/q+1. The molecule has 0 unspecified atom stereocenters. The lowest BCUT2D eigenvalue weighted by Crippen LogP contribution is -2.44. The molecule has 0 radical (unpaired) electrons. The topological polar surface area (TPSA) is 41.9 Å². The van der Waals surface area contributed by atoms with Gasteiger partial charge in [0.15, 0.2) is 12.7 Å². The van der Waals surface area contributed by atoms with E-state index in [0.29, 0.717) is 13.0 Å². The smallest absolute Gasteiger partial charge is 0.327 e. The number of carbonyl (C=O) groups is 1. The first-order valence-electron chi connectivity index (χ1n) is 14.4. The minimum Gasteiger partial charge on any atom is -0.465 e. The molecule has 5 aromatic rings. The van der Waals surface area contributed by atoms with Gasteiger partial charge in [-0.2, -0.15) is 0 Å². The van der Waals surface area contributed by atoms with Crippen molar-refractivity contribution in [1.82, 2.24) is 5.01 Å². The van der Waals surface area contributed by atoms with E-state index in [1.165, 1.54) is 15.9 Å². The van der Waals surface area contributed by atoms with Crippen LogP contribution in [0.15, 0.2) is 157 Å². The molecular weight excluding hydrogens is 535 g/mol. The monoisotopic (exact) mass is 569 g/mol.